The summed E-state index contributed by atoms with van der Waals surface area (Å²) in [6.45, 7) is 3.69. The molecule has 1 heterocycles. The lowest BCUT2D eigenvalue weighted by atomic mass is 10.1. The Morgan fingerprint density at radius 3 is 3.00 bits per heavy atom. The van der Waals surface area contributed by atoms with Crippen molar-refractivity contribution in [3.05, 3.63) is 45.8 Å². The van der Waals surface area contributed by atoms with Gasteiger partial charge in [0.15, 0.2) is 0 Å². The third kappa shape index (κ3) is 3.87. The van der Waals surface area contributed by atoms with Crippen molar-refractivity contribution < 1.29 is 14.1 Å². The molecular weight excluding hydrogens is 274 g/mol. The Morgan fingerprint density at radius 1 is 1.48 bits per heavy atom. The number of nitrogens with one attached hydrogen (secondary N) is 1. The van der Waals surface area contributed by atoms with Crippen LogP contribution in [0, 0.1) is 17.0 Å². The third-order valence-electron chi connectivity index (χ3n) is 2.92. The fourth-order valence-corrected chi connectivity index (χ4v) is 1.88. The van der Waals surface area contributed by atoms with Crippen LogP contribution >= 0.6 is 0 Å². The summed E-state index contributed by atoms with van der Waals surface area (Å²) >= 11 is 0. The standard InChI is InChI=1S/C14H17N3O4/c1-10-3-4-13(17(18)19)12(7-10)14-16-11(9-21-14)8-15-5-6-20-2/h3-4,7,9,15H,5-6,8H2,1-2H3. The van der Waals surface area contributed by atoms with Gasteiger partial charge >= 0.3 is 0 Å². The van der Waals surface area contributed by atoms with Crippen LogP contribution in [0.3, 0.4) is 0 Å². The smallest absolute Gasteiger partial charge is 0.282 e. The zero-order valence-electron chi connectivity index (χ0n) is 12.0. The van der Waals surface area contributed by atoms with Crippen LogP contribution in [-0.2, 0) is 11.3 Å². The fraction of sp³-hybridized carbons (Fsp3) is 0.357. The Morgan fingerprint density at radius 2 is 2.29 bits per heavy atom. The second-order valence-corrected chi connectivity index (χ2v) is 4.59. The summed E-state index contributed by atoms with van der Waals surface area (Å²) < 4.78 is 10.3. The molecule has 2 rings (SSSR count). The average Bonchev–Trinajstić information content (AvgIpc) is 2.92. The molecule has 0 amide bonds. The van der Waals surface area contributed by atoms with Crippen molar-refractivity contribution in [2.45, 2.75) is 13.5 Å². The first-order valence-corrected chi connectivity index (χ1v) is 6.51. The molecule has 0 unspecified atom stereocenters. The lowest BCUT2D eigenvalue weighted by Crippen LogP contribution is -2.18. The molecule has 1 aromatic carbocycles. The second-order valence-electron chi connectivity index (χ2n) is 4.59. The van der Waals surface area contributed by atoms with Gasteiger partial charge in [0.05, 0.1) is 17.2 Å². The van der Waals surface area contributed by atoms with Gasteiger partial charge in [-0.05, 0) is 18.6 Å². The van der Waals surface area contributed by atoms with Gasteiger partial charge in [-0.2, -0.15) is 0 Å². The number of hydrogen-bond acceptors (Lipinski definition) is 6. The van der Waals surface area contributed by atoms with E-state index in [1.54, 1.807) is 19.2 Å². The fourth-order valence-electron chi connectivity index (χ4n) is 1.88. The maximum Gasteiger partial charge on any atom is 0.282 e. The Labute approximate surface area is 122 Å². The summed E-state index contributed by atoms with van der Waals surface area (Å²) in [6.07, 6.45) is 1.50. The van der Waals surface area contributed by atoms with Crippen LogP contribution in [0.15, 0.2) is 28.9 Å². The number of aryl methyl sites for hydroxylation is 1. The Hall–Kier alpha value is -2.25. The number of nitrogens with zero attached hydrogens (tertiary/aromatic N) is 2. The number of oxazole rings is 1. The van der Waals surface area contributed by atoms with Gasteiger partial charge in [-0.3, -0.25) is 10.1 Å². The highest BCUT2D eigenvalue weighted by Gasteiger charge is 2.19. The zero-order chi connectivity index (χ0) is 15.2. The predicted octanol–water partition coefficient (Wildman–Crippen LogP) is 2.29. The van der Waals surface area contributed by atoms with Crippen LogP contribution in [0.25, 0.3) is 11.5 Å². The van der Waals surface area contributed by atoms with Gasteiger partial charge in [-0.1, -0.05) is 6.07 Å². The largest absolute Gasteiger partial charge is 0.444 e. The van der Waals surface area contributed by atoms with E-state index >= 15 is 0 Å². The van der Waals surface area contributed by atoms with Crippen LogP contribution in [0.4, 0.5) is 5.69 Å². The van der Waals surface area contributed by atoms with Crippen molar-refractivity contribution in [3.63, 3.8) is 0 Å². The SMILES string of the molecule is COCCNCc1coc(-c2cc(C)ccc2[N+](=O)[O-])n1. The number of methoxy groups -OCH3 is 1. The molecule has 7 nitrogen and oxygen atoms in total. The molecule has 0 aliphatic heterocycles. The van der Waals surface area contributed by atoms with Crippen LogP contribution in [0.1, 0.15) is 11.3 Å². The minimum absolute atomic E-state index is 0.0126. The first kappa shape index (κ1) is 15.1. The molecule has 0 fully saturated rings. The molecule has 0 radical (unpaired) electrons. The van der Waals surface area contributed by atoms with Crippen molar-refractivity contribution in [1.82, 2.24) is 10.3 Å². The number of nitro benzene ring substituents is 1. The van der Waals surface area contributed by atoms with Gasteiger partial charge in [0.2, 0.25) is 5.89 Å². The zero-order valence-corrected chi connectivity index (χ0v) is 12.0. The third-order valence-corrected chi connectivity index (χ3v) is 2.92. The molecule has 1 aromatic heterocycles. The monoisotopic (exact) mass is 291 g/mol. The maximum atomic E-state index is 11.1. The van der Waals surface area contributed by atoms with E-state index in [4.69, 9.17) is 9.15 Å². The molecule has 0 aliphatic rings. The maximum absolute atomic E-state index is 11.1. The first-order chi connectivity index (χ1) is 10.1. The normalized spacial score (nSPS) is 10.8. The highest BCUT2D eigenvalue weighted by atomic mass is 16.6. The van der Waals surface area contributed by atoms with Crippen LogP contribution in [-0.4, -0.2) is 30.2 Å². The van der Waals surface area contributed by atoms with E-state index in [-0.39, 0.29) is 11.6 Å². The Kier molecular flexibility index (Phi) is 5.02. The van der Waals surface area contributed by atoms with Gasteiger partial charge in [-0.15, -0.1) is 0 Å². The Bertz CT molecular complexity index is 624. The van der Waals surface area contributed by atoms with Gasteiger partial charge in [-0.25, -0.2) is 4.98 Å². The summed E-state index contributed by atoms with van der Waals surface area (Å²) in [4.78, 5) is 14.9. The van der Waals surface area contributed by atoms with Gasteiger partial charge in [0, 0.05) is 26.3 Å². The Balaban J connectivity index is 2.17. The minimum atomic E-state index is -0.435. The quantitative estimate of drug-likeness (QED) is 0.478. The van der Waals surface area contributed by atoms with Crippen molar-refractivity contribution in [2.75, 3.05) is 20.3 Å². The van der Waals surface area contributed by atoms with E-state index in [0.29, 0.717) is 31.0 Å². The van der Waals surface area contributed by atoms with E-state index in [1.165, 1.54) is 12.3 Å². The van der Waals surface area contributed by atoms with Crippen molar-refractivity contribution >= 4 is 5.69 Å². The van der Waals surface area contributed by atoms with Crippen molar-refractivity contribution in [2.24, 2.45) is 0 Å². The minimum Gasteiger partial charge on any atom is -0.444 e. The number of aromatic nitrogens is 1. The summed E-state index contributed by atoms with van der Waals surface area (Å²) in [7, 11) is 1.63. The van der Waals surface area contributed by atoms with Crippen LogP contribution in [0.2, 0.25) is 0 Å². The molecular formula is C14H17N3O4. The summed E-state index contributed by atoms with van der Waals surface area (Å²) in [5, 5.41) is 14.2. The molecule has 0 saturated carbocycles. The molecule has 0 saturated heterocycles. The lowest BCUT2D eigenvalue weighted by Gasteiger charge is -2.01. The second kappa shape index (κ2) is 6.96. The van der Waals surface area contributed by atoms with E-state index in [2.05, 4.69) is 10.3 Å². The number of rotatable bonds is 7. The predicted molar refractivity (Wildman–Crippen MR) is 76.9 cm³/mol. The summed E-state index contributed by atoms with van der Waals surface area (Å²) in [5.74, 6) is 0.258. The molecule has 21 heavy (non-hydrogen) atoms. The molecule has 2 aromatic rings. The van der Waals surface area contributed by atoms with E-state index in [9.17, 15) is 10.1 Å². The summed E-state index contributed by atoms with van der Waals surface area (Å²) in [5.41, 5.74) is 1.98. The van der Waals surface area contributed by atoms with Gasteiger partial charge < -0.3 is 14.5 Å². The first-order valence-electron chi connectivity index (χ1n) is 6.51. The number of nitro groups is 1. The van der Waals surface area contributed by atoms with E-state index < -0.39 is 4.92 Å². The number of ether oxygens (including phenoxy) is 1. The molecule has 0 spiro atoms. The average molecular weight is 291 g/mol. The van der Waals surface area contributed by atoms with Crippen molar-refractivity contribution in [1.29, 1.82) is 0 Å². The molecule has 112 valence electrons. The molecule has 7 heteroatoms. The molecule has 0 atom stereocenters. The van der Waals surface area contributed by atoms with Crippen LogP contribution in [0.5, 0.6) is 0 Å². The van der Waals surface area contributed by atoms with Crippen LogP contribution < -0.4 is 5.32 Å². The number of benzene rings is 1. The lowest BCUT2D eigenvalue weighted by molar-refractivity contribution is -0.384. The van der Waals surface area contributed by atoms with Gasteiger partial charge in [0.25, 0.3) is 5.69 Å². The molecule has 0 bridgehead atoms. The topological polar surface area (TPSA) is 90.4 Å². The highest BCUT2D eigenvalue weighted by molar-refractivity contribution is 5.67. The highest BCUT2D eigenvalue weighted by Crippen LogP contribution is 2.30. The summed E-state index contributed by atoms with van der Waals surface area (Å²) in [6, 6.07) is 4.86. The molecule has 0 aliphatic carbocycles. The van der Waals surface area contributed by atoms with E-state index in [0.717, 1.165) is 5.56 Å². The van der Waals surface area contributed by atoms with Crippen molar-refractivity contribution in [3.8, 4) is 11.5 Å². The van der Waals surface area contributed by atoms with Gasteiger partial charge in [0.1, 0.15) is 11.8 Å². The molecule has 1 N–H and O–H groups in total. The van der Waals surface area contributed by atoms with E-state index in [1.807, 2.05) is 6.92 Å². The number of hydrogen-bond donors (Lipinski definition) is 1.